The van der Waals surface area contributed by atoms with Crippen LogP contribution in [0.4, 0.5) is 11.5 Å². The first kappa shape index (κ1) is 34.4. The summed E-state index contributed by atoms with van der Waals surface area (Å²) in [5.74, 6) is 1.10. The number of rotatable bonds is 11. The van der Waals surface area contributed by atoms with Crippen molar-refractivity contribution in [3.63, 3.8) is 0 Å². The van der Waals surface area contributed by atoms with E-state index >= 15 is 0 Å². The van der Waals surface area contributed by atoms with Crippen molar-refractivity contribution in [1.82, 2.24) is 15.2 Å². The lowest BCUT2D eigenvalue weighted by atomic mass is 10.1. The molecule has 2 N–H and O–H groups in total. The molecule has 6 nitrogen and oxygen atoms in total. The molecule has 0 bridgehead atoms. The normalized spacial score (nSPS) is 12.2. The number of anilines is 2. The van der Waals surface area contributed by atoms with Crippen LogP contribution in [0.2, 0.25) is 0 Å². The quantitative estimate of drug-likeness (QED) is 0.165. The number of thioether (sulfide) groups is 1. The molecule has 0 saturated carbocycles. The van der Waals surface area contributed by atoms with Crippen molar-refractivity contribution in [2.45, 2.75) is 59.8 Å². The van der Waals surface area contributed by atoms with E-state index in [4.69, 9.17) is 0 Å². The maximum Gasteiger partial charge on any atom is 0.128 e. The van der Waals surface area contributed by atoms with Crippen molar-refractivity contribution >= 4 is 52.6 Å². The van der Waals surface area contributed by atoms with Gasteiger partial charge in [-0.05, 0) is 90.0 Å². The summed E-state index contributed by atoms with van der Waals surface area (Å²) in [7, 11) is 1.94. The zero-order valence-electron chi connectivity index (χ0n) is 26.8. The number of carbonyl (C=O) groups excluding carboxylic acids is 1. The van der Waals surface area contributed by atoms with Gasteiger partial charge < -0.3 is 15.0 Å². The summed E-state index contributed by atoms with van der Waals surface area (Å²) >= 11 is 1.64. The molecule has 1 aliphatic rings. The van der Waals surface area contributed by atoms with E-state index in [1.165, 1.54) is 34.4 Å². The number of aromatic nitrogens is 3. The highest BCUT2D eigenvalue weighted by Crippen LogP contribution is 2.26. The summed E-state index contributed by atoms with van der Waals surface area (Å²) in [6.45, 7) is 10.9. The van der Waals surface area contributed by atoms with Crippen molar-refractivity contribution in [1.29, 1.82) is 0 Å². The van der Waals surface area contributed by atoms with Crippen molar-refractivity contribution in [3.05, 3.63) is 106 Å². The molecule has 7 heteroatoms. The van der Waals surface area contributed by atoms with E-state index in [1.54, 1.807) is 11.8 Å². The Bertz CT molecular complexity index is 1510. The molecule has 0 saturated heterocycles. The Morgan fingerprint density at radius 2 is 1.84 bits per heavy atom. The SMILES string of the molecule is CCCN(CCC)c1ccccn1.CCc1cccc(/C=C/c2n[nH]c3cc(C)c(NC)cc23)c1.O=CCC1=CCC=CS1. The maximum atomic E-state index is 9.99. The molecule has 1 aliphatic heterocycles. The lowest BCUT2D eigenvalue weighted by molar-refractivity contribution is -0.107. The van der Waals surface area contributed by atoms with Crippen LogP contribution in [0.3, 0.4) is 0 Å². The molecule has 0 radical (unpaired) electrons. The molecule has 0 fully saturated rings. The summed E-state index contributed by atoms with van der Waals surface area (Å²) in [6, 6.07) is 18.9. The van der Waals surface area contributed by atoms with Crippen LogP contribution in [0.1, 0.15) is 68.8 Å². The van der Waals surface area contributed by atoms with Gasteiger partial charge in [0.2, 0.25) is 0 Å². The van der Waals surface area contributed by atoms with Crippen LogP contribution in [0.5, 0.6) is 0 Å². The average Bonchev–Trinajstić information content (AvgIpc) is 3.46. The van der Waals surface area contributed by atoms with Gasteiger partial charge in [0.25, 0.3) is 0 Å². The molecule has 3 heterocycles. The predicted molar refractivity (Wildman–Crippen MR) is 192 cm³/mol. The van der Waals surface area contributed by atoms with Gasteiger partial charge in [0.1, 0.15) is 12.1 Å². The highest BCUT2D eigenvalue weighted by Gasteiger charge is 2.07. The van der Waals surface area contributed by atoms with Gasteiger partial charge in [-0.1, -0.05) is 69.3 Å². The third-order valence-corrected chi connectivity index (χ3v) is 8.01. The number of hydrogen-bond donors (Lipinski definition) is 2. The Morgan fingerprint density at radius 1 is 1.02 bits per heavy atom. The van der Waals surface area contributed by atoms with E-state index in [-0.39, 0.29) is 0 Å². The third-order valence-electron chi connectivity index (χ3n) is 7.04. The standard InChI is InChI=1S/C19H21N3.C11H18N2.C7H8OS/c1-4-14-6-5-7-15(11-14)8-9-17-16-12-18(20-3)13(2)10-19(16)22-21-17;1-3-9-13(10-4-2)11-7-5-6-8-12-11;8-5-4-7-3-1-2-6-9-7/h5-12,20H,4H2,1-3H3,(H,21,22);5-8H,3-4,9-10H2,1-2H3;2-3,5-6H,1,4H2/b9-8+;;. The average molecular weight is 610 g/mol. The molecule has 2 aromatic heterocycles. The maximum absolute atomic E-state index is 9.99. The molecule has 2 aromatic carbocycles. The molecule has 0 aliphatic carbocycles. The fourth-order valence-electron chi connectivity index (χ4n) is 4.76. The van der Waals surface area contributed by atoms with Gasteiger partial charge in [0.15, 0.2) is 0 Å². The van der Waals surface area contributed by atoms with Gasteiger partial charge in [-0.3, -0.25) is 5.10 Å². The summed E-state index contributed by atoms with van der Waals surface area (Å²) in [4.78, 5) is 17.8. The van der Waals surface area contributed by atoms with Gasteiger partial charge in [0.05, 0.1) is 11.2 Å². The van der Waals surface area contributed by atoms with E-state index in [9.17, 15) is 4.79 Å². The molecular weight excluding hydrogens is 563 g/mol. The van der Waals surface area contributed by atoms with E-state index in [0.29, 0.717) is 6.42 Å². The number of nitrogens with zero attached hydrogens (tertiary/aromatic N) is 3. The summed E-state index contributed by atoms with van der Waals surface area (Å²) in [5, 5.41) is 13.9. The zero-order chi connectivity index (χ0) is 31.6. The van der Waals surface area contributed by atoms with Crippen molar-refractivity contribution in [3.8, 4) is 0 Å². The summed E-state index contributed by atoms with van der Waals surface area (Å²) in [6.07, 6.45) is 16.1. The van der Waals surface area contributed by atoms with Gasteiger partial charge in [-0.15, -0.1) is 11.8 Å². The van der Waals surface area contributed by atoms with Crippen molar-refractivity contribution in [2.24, 2.45) is 0 Å². The molecule has 232 valence electrons. The van der Waals surface area contributed by atoms with E-state index in [2.05, 4.69) is 120 Å². The van der Waals surface area contributed by atoms with Crippen LogP contribution in [-0.2, 0) is 11.2 Å². The smallest absolute Gasteiger partial charge is 0.128 e. The highest BCUT2D eigenvalue weighted by molar-refractivity contribution is 8.05. The number of hydrogen-bond acceptors (Lipinski definition) is 6. The minimum absolute atomic E-state index is 0.578. The molecule has 0 spiro atoms. The van der Waals surface area contributed by atoms with E-state index in [1.807, 2.05) is 30.8 Å². The Labute approximate surface area is 267 Å². The zero-order valence-corrected chi connectivity index (χ0v) is 27.7. The van der Waals surface area contributed by atoms with E-state index in [0.717, 1.165) is 60.3 Å². The van der Waals surface area contributed by atoms with Crippen LogP contribution in [0, 0.1) is 6.92 Å². The van der Waals surface area contributed by atoms with Crippen molar-refractivity contribution < 1.29 is 4.79 Å². The molecular formula is C37H47N5OS. The second kappa shape index (κ2) is 19.2. The van der Waals surface area contributed by atoms with Crippen LogP contribution in [0.15, 0.2) is 83.3 Å². The Kier molecular flexibility index (Phi) is 15.0. The number of aldehydes is 1. The fourth-order valence-corrected chi connectivity index (χ4v) is 5.49. The van der Waals surface area contributed by atoms with Crippen molar-refractivity contribution in [2.75, 3.05) is 30.4 Å². The largest absolute Gasteiger partial charge is 0.388 e. The molecule has 4 aromatic rings. The number of nitrogens with one attached hydrogen (secondary N) is 2. The third kappa shape index (κ3) is 10.9. The number of aromatic amines is 1. The van der Waals surface area contributed by atoms with Crippen LogP contribution >= 0.6 is 11.8 Å². The number of pyridine rings is 1. The number of allylic oxidation sites excluding steroid dienone is 3. The number of H-pyrrole nitrogens is 1. The fraction of sp³-hybridized carbons (Fsp3) is 0.324. The number of fused-ring (bicyclic) bond motifs is 1. The van der Waals surface area contributed by atoms with Crippen LogP contribution < -0.4 is 10.2 Å². The summed E-state index contributed by atoms with van der Waals surface area (Å²) < 4.78 is 0. The van der Waals surface area contributed by atoms with Gasteiger partial charge in [-0.25, -0.2) is 4.98 Å². The van der Waals surface area contributed by atoms with E-state index < -0.39 is 0 Å². The summed E-state index contributed by atoms with van der Waals surface area (Å²) in [5.41, 5.74) is 6.94. The molecule has 0 atom stereocenters. The molecule has 5 rings (SSSR count). The molecule has 0 amide bonds. The van der Waals surface area contributed by atoms with Gasteiger partial charge >= 0.3 is 0 Å². The lowest BCUT2D eigenvalue weighted by Gasteiger charge is -2.22. The monoisotopic (exact) mass is 609 g/mol. The van der Waals surface area contributed by atoms with Gasteiger partial charge in [0, 0.05) is 43.8 Å². The van der Waals surface area contributed by atoms with Crippen LogP contribution in [0.25, 0.3) is 23.1 Å². The minimum Gasteiger partial charge on any atom is -0.388 e. The number of carbonyl (C=O) groups is 1. The number of aryl methyl sites for hydroxylation is 2. The Hall–Kier alpha value is -4.10. The minimum atomic E-state index is 0.578. The predicted octanol–water partition coefficient (Wildman–Crippen LogP) is 9.46. The number of benzene rings is 2. The first-order valence-electron chi connectivity index (χ1n) is 15.6. The highest BCUT2D eigenvalue weighted by atomic mass is 32.2. The first-order valence-corrected chi connectivity index (χ1v) is 16.4. The second-order valence-electron chi connectivity index (χ2n) is 10.4. The molecule has 0 unspecified atom stereocenters. The van der Waals surface area contributed by atoms with Crippen LogP contribution in [-0.4, -0.2) is 41.6 Å². The second-order valence-corrected chi connectivity index (χ2v) is 11.5. The van der Waals surface area contributed by atoms with Gasteiger partial charge in [-0.2, -0.15) is 5.10 Å². The topological polar surface area (TPSA) is 73.9 Å². The Morgan fingerprint density at radius 3 is 2.48 bits per heavy atom. The lowest BCUT2D eigenvalue weighted by Crippen LogP contribution is -2.25. The Balaban J connectivity index is 0.000000203. The molecule has 44 heavy (non-hydrogen) atoms. The first-order chi connectivity index (χ1) is 21.5.